The first-order valence-electron chi connectivity index (χ1n) is 12.4. The van der Waals surface area contributed by atoms with E-state index in [9.17, 15) is 4.79 Å². The third-order valence-corrected chi connectivity index (χ3v) is 7.20. The highest BCUT2D eigenvalue weighted by atomic mass is 16.5. The maximum absolute atomic E-state index is 11.7. The number of ether oxygens (including phenoxy) is 2. The number of methoxy groups -OCH3 is 1. The maximum atomic E-state index is 11.7. The van der Waals surface area contributed by atoms with Gasteiger partial charge < -0.3 is 9.47 Å². The Hall–Kier alpha value is -3.60. The van der Waals surface area contributed by atoms with Gasteiger partial charge in [0.05, 0.1) is 36.9 Å². The highest BCUT2D eigenvalue weighted by molar-refractivity contribution is 5.82. The van der Waals surface area contributed by atoms with E-state index < -0.39 is 0 Å². The Labute approximate surface area is 206 Å². The normalized spacial score (nSPS) is 14.7. The summed E-state index contributed by atoms with van der Waals surface area (Å²) in [6.07, 6.45) is 3.10. The zero-order valence-corrected chi connectivity index (χ0v) is 20.9. The largest absolute Gasteiger partial charge is 0.493 e. The van der Waals surface area contributed by atoms with Crippen molar-refractivity contribution in [1.82, 2.24) is 9.55 Å². The first-order chi connectivity index (χ1) is 17.0. The highest BCUT2D eigenvalue weighted by Gasteiger charge is 2.27. The molecule has 3 aromatic carbocycles. The van der Waals surface area contributed by atoms with Crippen LogP contribution in [0.3, 0.4) is 0 Å². The predicted molar refractivity (Wildman–Crippen MR) is 139 cm³/mol. The van der Waals surface area contributed by atoms with Gasteiger partial charge in [-0.2, -0.15) is 0 Å². The van der Waals surface area contributed by atoms with Crippen molar-refractivity contribution in [2.24, 2.45) is 0 Å². The molecule has 0 saturated carbocycles. The number of hydrogen-bond acceptors (Lipinski definition) is 4. The molecule has 1 aliphatic rings. The minimum atomic E-state index is -0.196. The van der Waals surface area contributed by atoms with Gasteiger partial charge in [0.15, 0.2) is 0 Å². The number of hydrogen-bond donors (Lipinski definition) is 0. The number of imidazole rings is 1. The number of rotatable bonds is 7. The van der Waals surface area contributed by atoms with Crippen LogP contribution in [0, 0.1) is 13.8 Å². The fourth-order valence-electron chi connectivity index (χ4n) is 5.23. The third kappa shape index (κ3) is 4.31. The second-order valence-electron chi connectivity index (χ2n) is 9.38. The molecule has 0 radical (unpaired) electrons. The highest BCUT2D eigenvalue weighted by Crippen LogP contribution is 2.37. The molecule has 35 heavy (non-hydrogen) atoms. The SMILES string of the molecule is CCc1nc2cccc(C)c2n1-c1cccc(CCc2ccc3c(c2)OC[C@H]3CC(=O)OC)c1C. The van der Waals surface area contributed by atoms with Crippen molar-refractivity contribution in [3.8, 4) is 11.4 Å². The Bertz CT molecular complexity index is 1400. The van der Waals surface area contributed by atoms with Gasteiger partial charge in [-0.1, -0.05) is 43.3 Å². The Morgan fingerprint density at radius 1 is 1.11 bits per heavy atom. The number of aryl methyl sites for hydroxylation is 4. The third-order valence-electron chi connectivity index (χ3n) is 7.20. The number of esters is 1. The second kappa shape index (κ2) is 9.57. The molecule has 5 nitrogen and oxygen atoms in total. The van der Waals surface area contributed by atoms with E-state index in [2.05, 4.69) is 79.9 Å². The summed E-state index contributed by atoms with van der Waals surface area (Å²) in [5.74, 6) is 1.87. The van der Waals surface area contributed by atoms with Gasteiger partial charge in [-0.15, -0.1) is 0 Å². The first-order valence-corrected chi connectivity index (χ1v) is 12.4. The molecule has 0 bridgehead atoms. The standard InChI is InChI=1S/C30H32N2O3/c1-5-28-31-25-10-6-8-19(2)30(25)32(28)26-11-7-9-22(20(26)3)14-12-21-13-15-24-23(17-29(33)34-4)18-35-27(24)16-21/h6-11,13,15-16,23H,5,12,14,17-18H2,1-4H3/t23-/m1/s1. The molecule has 1 aromatic heterocycles. The van der Waals surface area contributed by atoms with Gasteiger partial charge in [0.2, 0.25) is 0 Å². The first kappa shape index (κ1) is 23.2. The van der Waals surface area contributed by atoms with Gasteiger partial charge >= 0.3 is 5.97 Å². The second-order valence-corrected chi connectivity index (χ2v) is 9.38. The fraction of sp³-hybridized carbons (Fsp3) is 0.333. The smallest absolute Gasteiger partial charge is 0.306 e. The van der Waals surface area contributed by atoms with E-state index in [0.717, 1.165) is 41.9 Å². The predicted octanol–water partition coefficient (Wildman–Crippen LogP) is 6.03. The van der Waals surface area contributed by atoms with Crippen LogP contribution in [0.1, 0.15) is 52.9 Å². The lowest BCUT2D eigenvalue weighted by atomic mass is 9.94. The van der Waals surface area contributed by atoms with Crippen LogP contribution in [0.15, 0.2) is 54.6 Å². The van der Waals surface area contributed by atoms with E-state index in [1.165, 1.54) is 40.6 Å². The molecule has 5 rings (SSSR count). The molecule has 0 spiro atoms. The summed E-state index contributed by atoms with van der Waals surface area (Å²) < 4.78 is 13.1. The summed E-state index contributed by atoms with van der Waals surface area (Å²) >= 11 is 0. The van der Waals surface area contributed by atoms with Crippen LogP contribution in [0.2, 0.25) is 0 Å². The molecule has 0 fully saturated rings. The summed E-state index contributed by atoms with van der Waals surface area (Å²) in [7, 11) is 1.43. The van der Waals surface area contributed by atoms with E-state index in [1.807, 2.05) is 0 Å². The minimum absolute atomic E-state index is 0.0756. The van der Waals surface area contributed by atoms with Crippen LogP contribution in [-0.2, 0) is 28.8 Å². The van der Waals surface area contributed by atoms with Crippen molar-refractivity contribution < 1.29 is 14.3 Å². The van der Waals surface area contributed by atoms with Gasteiger partial charge in [0.1, 0.15) is 11.6 Å². The molecule has 1 aliphatic heterocycles. The number of fused-ring (bicyclic) bond motifs is 2. The molecule has 0 N–H and O–H groups in total. The Balaban J connectivity index is 1.40. The van der Waals surface area contributed by atoms with Gasteiger partial charge in [0, 0.05) is 17.9 Å². The van der Waals surface area contributed by atoms with E-state index in [1.54, 1.807) is 0 Å². The summed E-state index contributed by atoms with van der Waals surface area (Å²) in [6, 6.07) is 19.3. The monoisotopic (exact) mass is 468 g/mol. The summed E-state index contributed by atoms with van der Waals surface area (Å²) in [6.45, 7) is 7.08. The zero-order chi connectivity index (χ0) is 24.5. The summed E-state index contributed by atoms with van der Waals surface area (Å²) in [5, 5.41) is 0. The topological polar surface area (TPSA) is 53.4 Å². The Morgan fingerprint density at radius 2 is 1.94 bits per heavy atom. The van der Waals surface area contributed by atoms with Crippen LogP contribution in [0.4, 0.5) is 0 Å². The molecule has 0 unspecified atom stereocenters. The number of carbonyl (C=O) groups is 1. The number of para-hydroxylation sites is 1. The lowest BCUT2D eigenvalue weighted by Crippen LogP contribution is -2.09. The summed E-state index contributed by atoms with van der Waals surface area (Å²) in [5.41, 5.74) is 9.67. The van der Waals surface area contributed by atoms with Crippen molar-refractivity contribution in [2.75, 3.05) is 13.7 Å². The van der Waals surface area contributed by atoms with Gasteiger partial charge in [-0.25, -0.2) is 4.98 Å². The molecular formula is C30H32N2O3. The molecule has 180 valence electrons. The number of carbonyl (C=O) groups excluding carboxylic acids is 1. The van der Waals surface area contributed by atoms with Crippen molar-refractivity contribution in [2.45, 2.75) is 52.4 Å². The van der Waals surface area contributed by atoms with Crippen LogP contribution in [0.25, 0.3) is 16.7 Å². The molecule has 1 atom stereocenters. The van der Waals surface area contributed by atoms with Crippen molar-refractivity contribution in [1.29, 1.82) is 0 Å². The Morgan fingerprint density at radius 3 is 2.74 bits per heavy atom. The summed E-state index contributed by atoms with van der Waals surface area (Å²) in [4.78, 5) is 16.6. The number of benzene rings is 3. The van der Waals surface area contributed by atoms with E-state index in [0.29, 0.717) is 13.0 Å². The number of aromatic nitrogens is 2. The molecule has 0 aliphatic carbocycles. The van der Waals surface area contributed by atoms with Crippen LogP contribution >= 0.6 is 0 Å². The van der Waals surface area contributed by atoms with E-state index >= 15 is 0 Å². The van der Waals surface area contributed by atoms with Crippen LogP contribution in [-0.4, -0.2) is 29.2 Å². The van der Waals surface area contributed by atoms with Crippen LogP contribution in [0.5, 0.6) is 5.75 Å². The average molecular weight is 469 g/mol. The molecule has 5 heteroatoms. The molecule has 0 saturated heterocycles. The molecular weight excluding hydrogens is 436 g/mol. The van der Waals surface area contributed by atoms with Crippen molar-refractivity contribution in [3.63, 3.8) is 0 Å². The Kier molecular flexibility index (Phi) is 6.33. The van der Waals surface area contributed by atoms with Gasteiger partial charge in [-0.05, 0) is 67.1 Å². The van der Waals surface area contributed by atoms with Crippen LogP contribution < -0.4 is 4.74 Å². The lowest BCUT2D eigenvalue weighted by Gasteiger charge is -2.16. The van der Waals surface area contributed by atoms with E-state index in [-0.39, 0.29) is 11.9 Å². The lowest BCUT2D eigenvalue weighted by molar-refractivity contribution is -0.141. The quantitative estimate of drug-likeness (QED) is 0.311. The number of nitrogens with zero attached hydrogens (tertiary/aromatic N) is 2. The van der Waals surface area contributed by atoms with Crippen molar-refractivity contribution >= 4 is 17.0 Å². The van der Waals surface area contributed by atoms with Crippen molar-refractivity contribution in [3.05, 3.63) is 88.2 Å². The molecule has 4 aromatic rings. The van der Waals surface area contributed by atoms with Gasteiger partial charge in [0.25, 0.3) is 0 Å². The average Bonchev–Trinajstić information content (AvgIpc) is 3.45. The zero-order valence-electron chi connectivity index (χ0n) is 20.9. The molecule has 0 amide bonds. The fourth-order valence-corrected chi connectivity index (χ4v) is 5.23. The molecule has 2 heterocycles. The van der Waals surface area contributed by atoms with Gasteiger partial charge in [-0.3, -0.25) is 9.36 Å². The minimum Gasteiger partial charge on any atom is -0.493 e. The van der Waals surface area contributed by atoms with E-state index in [4.69, 9.17) is 14.5 Å². The maximum Gasteiger partial charge on any atom is 0.306 e.